The molecular weight excluding hydrogens is 410 g/mol. The zero-order valence-corrected chi connectivity index (χ0v) is 18.3. The summed E-state index contributed by atoms with van der Waals surface area (Å²) in [6, 6.07) is 15.8. The molecule has 0 bridgehead atoms. The second-order valence-corrected chi connectivity index (χ2v) is 9.15. The number of rotatable bonds is 4. The maximum atomic E-state index is 13.0. The maximum Gasteiger partial charge on any atom is 0.263 e. The summed E-state index contributed by atoms with van der Waals surface area (Å²) in [6.07, 6.45) is 0.846. The number of hydrogen-bond donors (Lipinski definition) is 0. The summed E-state index contributed by atoms with van der Waals surface area (Å²) in [4.78, 5) is 30.2. The Morgan fingerprint density at radius 1 is 1.13 bits per heavy atom. The molecule has 0 unspecified atom stereocenters. The van der Waals surface area contributed by atoms with E-state index in [1.807, 2.05) is 41.3 Å². The highest BCUT2D eigenvalue weighted by Gasteiger charge is 2.33. The van der Waals surface area contributed by atoms with Crippen LogP contribution in [-0.2, 0) is 11.3 Å². The molecule has 0 N–H and O–H groups in total. The van der Waals surface area contributed by atoms with Crippen LogP contribution in [0.15, 0.2) is 48.5 Å². The Kier molecular flexibility index (Phi) is 4.94. The maximum absolute atomic E-state index is 13.0. The lowest BCUT2D eigenvalue weighted by atomic mass is 9.95. The van der Waals surface area contributed by atoms with Crippen LogP contribution in [0.3, 0.4) is 0 Å². The van der Waals surface area contributed by atoms with Crippen molar-refractivity contribution in [1.29, 1.82) is 0 Å². The van der Waals surface area contributed by atoms with Gasteiger partial charge >= 0.3 is 0 Å². The Balaban J connectivity index is 1.40. The molecule has 31 heavy (non-hydrogen) atoms. The summed E-state index contributed by atoms with van der Waals surface area (Å²) < 4.78 is 2.77. The number of nitrogens with zero attached hydrogens (tertiary/aromatic N) is 5. The molecule has 2 aromatic heterocycles. The molecule has 2 aromatic carbocycles. The van der Waals surface area contributed by atoms with Gasteiger partial charge in [0.2, 0.25) is 5.91 Å². The summed E-state index contributed by atoms with van der Waals surface area (Å²) in [5.74, 6) is 0.194. The molecule has 0 spiro atoms. The number of aromatic nitrogens is 3. The van der Waals surface area contributed by atoms with Gasteiger partial charge in [-0.1, -0.05) is 35.5 Å². The smallest absolute Gasteiger partial charge is 0.263 e. The SMILES string of the molecule is CN(C)C(=O)c1sc2ccccc2c1[C@H]1CCN(C(=O)Cn2nnc3ccccc32)C1. The average molecular weight is 434 g/mol. The topological polar surface area (TPSA) is 71.3 Å². The van der Waals surface area contributed by atoms with E-state index in [1.54, 1.807) is 35.0 Å². The molecule has 1 fully saturated rings. The molecule has 1 aliphatic heterocycles. The quantitative estimate of drug-likeness (QED) is 0.495. The molecule has 3 heterocycles. The first kappa shape index (κ1) is 19.7. The standard InChI is InChI=1S/C23H23N5O2S/c1-26(2)23(30)22-21(16-7-3-6-10-19(16)31-22)15-11-12-27(13-15)20(29)14-28-18-9-5-4-8-17(18)24-25-28/h3-10,15H,11-14H2,1-2H3/t15-/m0/s1. The summed E-state index contributed by atoms with van der Waals surface area (Å²) in [6.45, 7) is 1.46. The molecule has 1 aliphatic rings. The second kappa shape index (κ2) is 7.77. The van der Waals surface area contributed by atoms with Crippen molar-refractivity contribution in [2.24, 2.45) is 0 Å². The van der Waals surface area contributed by atoms with Gasteiger partial charge in [-0.05, 0) is 35.6 Å². The molecule has 8 heteroatoms. The molecule has 0 saturated carbocycles. The minimum absolute atomic E-state index is 0.0232. The number of hydrogen-bond acceptors (Lipinski definition) is 5. The van der Waals surface area contributed by atoms with Crippen molar-refractivity contribution >= 4 is 44.3 Å². The highest BCUT2D eigenvalue weighted by molar-refractivity contribution is 7.21. The Morgan fingerprint density at radius 3 is 2.74 bits per heavy atom. The number of likely N-dealkylation sites (tertiary alicyclic amines) is 1. The fourth-order valence-corrected chi connectivity index (χ4v) is 5.63. The van der Waals surface area contributed by atoms with Crippen LogP contribution in [0.1, 0.15) is 27.6 Å². The fraction of sp³-hybridized carbons (Fsp3) is 0.304. The van der Waals surface area contributed by atoms with E-state index in [-0.39, 0.29) is 24.3 Å². The van der Waals surface area contributed by atoms with Crippen LogP contribution < -0.4 is 0 Å². The lowest BCUT2D eigenvalue weighted by molar-refractivity contribution is -0.130. The monoisotopic (exact) mass is 433 g/mol. The van der Waals surface area contributed by atoms with Crippen LogP contribution in [0, 0.1) is 0 Å². The van der Waals surface area contributed by atoms with Crippen molar-refractivity contribution < 1.29 is 9.59 Å². The molecular formula is C23H23N5O2S. The molecule has 4 aromatic rings. The van der Waals surface area contributed by atoms with Gasteiger partial charge in [-0.25, -0.2) is 4.68 Å². The molecule has 1 atom stereocenters. The highest BCUT2D eigenvalue weighted by Crippen LogP contribution is 2.40. The molecule has 7 nitrogen and oxygen atoms in total. The molecule has 2 amide bonds. The molecule has 1 saturated heterocycles. The number of carbonyl (C=O) groups is 2. The van der Waals surface area contributed by atoms with E-state index in [1.165, 1.54) is 0 Å². The van der Waals surface area contributed by atoms with E-state index in [2.05, 4.69) is 22.4 Å². The Hall–Kier alpha value is -3.26. The van der Waals surface area contributed by atoms with Crippen molar-refractivity contribution in [2.45, 2.75) is 18.9 Å². The third kappa shape index (κ3) is 3.46. The van der Waals surface area contributed by atoms with Gasteiger partial charge in [-0.2, -0.15) is 0 Å². The zero-order chi connectivity index (χ0) is 21.5. The first-order valence-electron chi connectivity index (χ1n) is 10.3. The van der Waals surface area contributed by atoms with Crippen LogP contribution in [0.4, 0.5) is 0 Å². The van der Waals surface area contributed by atoms with Crippen molar-refractivity contribution in [3.05, 3.63) is 59.0 Å². The van der Waals surface area contributed by atoms with E-state index in [4.69, 9.17) is 0 Å². The first-order chi connectivity index (χ1) is 15.0. The van der Waals surface area contributed by atoms with Crippen molar-refractivity contribution in [2.75, 3.05) is 27.2 Å². The Bertz CT molecular complexity index is 1290. The van der Waals surface area contributed by atoms with Crippen LogP contribution in [0.2, 0.25) is 0 Å². The van der Waals surface area contributed by atoms with Crippen LogP contribution in [0.5, 0.6) is 0 Å². The molecule has 158 valence electrons. The molecule has 0 aliphatic carbocycles. The number of carbonyl (C=O) groups excluding carboxylic acids is 2. The third-order valence-corrected chi connectivity index (χ3v) is 7.06. The minimum Gasteiger partial charge on any atom is -0.344 e. The number of thiophene rings is 1. The van der Waals surface area contributed by atoms with Crippen molar-refractivity contribution in [3.8, 4) is 0 Å². The van der Waals surface area contributed by atoms with E-state index < -0.39 is 0 Å². The summed E-state index contributed by atoms with van der Waals surface area (Å²) in [5.41, 5.74) is 2.72. The predicted molar refractivity (Wildman–Crippen MR) is 121 cm³/mol. The summed E-state index contributed by atoms with van der Waals surface area (Å²) in [7, 11) is 3.56. The van der Waals surface area contributed by atoms with E-state index in [0.717, 1.165) is 38.0 Å². The first-order valence-corrected chi connectivity index (χ1v) is 11.1. The summed E-state index contributed by atoms with van der Waals surface area (Å²) in [5, 5.41) is 9.41. The fourth-order valence-electron chi connectivity index (χ4n) is 4.32. The lowest BCUT2D eigenvalue weighted by Gasteiger charge is -2.18. The van der Waals surface area contributed by atoms with E-state index >= 15 is 0 Å². The van der Waals surface area contributed by atoms with Gasteiger partial charge in [-0.3, -0.25) is 9.59 Å². The number of para-hydroxylation sites is 1. The van der Waals surface area contributed by atoms with Crippen LogP contribution >= 0.6 is 11.3 Å². The largest absolute Gasteiger partial charge is 0.344 e. The van der Waals surface area contributed by atoms with Gasteiger partial charge in [-0.15, -0.1) is 16.4 Å². The Labute approximate surface area is 183 Å². The van der Waals surface area contributed by atoms with E-state index in [0.29, 0.717) is 13.1 Å². The minimum atomic E-state index is 0.0232. The van der Waals surface area contributed by atoms with Crippen molar-refractivity contribution in [1.82, 2.24) is 24.8 Å². The van der Waals surface area contributed by atoms with Crippen LogP contribution in [0.25, 0.3) is 21.1 Å². The van der Waals surface area contributed by atoms with Gasteiger partial charge in [0, 0.05) is 37.8 Å². The normalized spacial score (nSPS) is 16.3. The number of benzene rings is 2. The molecule has 0 radical (unpaired) electrons. The highest BCUT2D eigenvalue weighted by atomic mass is 32.1. The van der Waals surface area contributed by atoms with E-state index in [9.17, 15) is 9.59 Å². The molecule has 5 rings (SSSR count). The van der Waals surface area contributed by atoms with Gasteiger partial charge in [0.1, 0.15) is 12.1 Å². The second-order valence-electron chi connectivity index (χ2n) is 8.10. The van der Waals surface area contributed by atoms with Crippen LogP contribution in [-0.4, -0.2) is 63.8 Å². The predicted octanol–water partition coefficient (Wildman–Crippen LogP) is 3.36. The van der Waals surface area contributed by atoms with Gasteiger partial charge in [0.15, 0.2) is 0 Å². The van der Waals surface area contributed by atoms with Gasteiger partial charge in [0.25, 0.3) is 5.91 Å². The third-order valence-electron chi connectivity index (χ3n) is 5.89. The average Bonchev–Trinajstić information content (AvgIpc) is 3.49. The summed E-state index contributed by atoms with van der Waals surface area (Å²) >= 11 is 1.54. The van der Waals surface area contributed by atoms with Gasteiger partial charge < -0.3 is 9.80 Å². The van der Waals surface area contributed by atoms with Crippen molar-refractivity contribution in [3.63, 3.8) is 0 Å². The number of amides is 2. The lowest BCUT2D eigenvalue weighted by Crippen LogP contribution is -2.32. The number of fused-ring (bicyclic) bond motifs is 2. The Morgan fingerprint density at radius 2 is 1.90 bits per heavy atom. The zero-order valence-electron chi connectivity index (χ0n) is 17.5. The van der Waals surface area contributed by atoms with Gasteiger partial charge in [0.05, 0.1) is 10.4 Å².